The normalized spacial score (nSPS) is 10.5. The number of carbonyl (C=O) groups excluding carboxylic acids is 2. The van der Waals surface area contributed by atoms with Gasteiger partial charge in [0.1, 0.15) is 11.5 Å². The maximum atomic E-state index is 10.1. The fourth-order valence-electron chi connectivity index (χ4n) is 3.52. The number of phenols is 2. The molecule has 0 aliphatic heterocycles. The molecule has 0 amide bonds. The number of aromatic hydroxyl groups is 2. The molecule has 9 heteroatoms. The van der Waals surface area contributed by atoms with Gasteiger partial charge in [-0.15, -0.1) is 0 Å². The van der Waals surface area contributed by atoms with Gasteiger partial charge in [-0.3, -0.25) is 9.98 Å². The van der Waals surface area contributed by atoms with Crippen molar-refractivity contribution in [3.8, 4) is 11.5 Å². The van der Waals surface area contributed by atoms with Gasteiger partial charge >= 0.3 is 16.8 Å². The molecule has 0 bridgehead atoms. The molecule has 0 saturated heterocycles. The Morgan fingerprint density at radius 1 is 0.683 bits per heavy atom. The largest absolute Gasteiger partial charge is 2.00 e. The van der Waals surface area contributed by atoms with Crippen molar-refractivity contribution in [2.45, 2.75) is 54.4 Å². The molecule has 8 nitrogen and oxygen atoms in total. The summed E-state index contributed by atoms with van der Waals surface area (Å²) in [6.07, 6.45) is 5.30. The molecule has 0 aliphatic rings. The van der Waals surface area contributed by atoms with Gasteiger partial charge in [0.05, 0.1) is 11.4 Å². The molecular weight excluding hydrogens is 567 g/mol. The number of carboxylic acid groups (broad SMARTS) is 2. The maximum absolute atomic E-state index is 10.1. The standard InChI is InChI=1S/C28H32N2O2.2C2H4O2.Co/c1-19(2)13-21-5-11-27(31)23(15-21)17-29-25-7-9-26(10-8-25)30-18-24-16-22(14-20(3)4)6-12-28(24)32;2*1-2(3)4;/h5-12,15-20,31-32H,13-14H2,1-4H3;2*1H3,(H,3,4);/q;;;+2/p-2. The van der Waals surface area contributed by atoms with E-state index in [1.165, 1.54) is 11.1 Å². The van der Waals surface area contributed by atoms with Gasteiger partial charge in [-0.2, -0.15) is 0 Å². The van der Waals surface area contributed by atoms with E-state index in [1.54, 1.807) is 24.6 Å². The summed E-state index contributed by atoms with van der Waals surface area (Å²) >= 11 is 0. The SMILES string of the molecule is CC(=O)[O-].CC(=O)[O-].CC(C)Cc1ccc(O)c(C=Nc2ccc(N=Cc3cc(CC(C)C)ccc3O)cc2)c1.[Co+2]. The summed E-state index contributed by atoms with van der Waals surface area (Å²) in [7, 11) is 0. The van der Waals surface area contributed by atoms with Crippen LogP contribution in [-0.2, 0) is 39.2 Å². The summed E-state index contributed by atoms with van der Waals surface area (Å²) in [4.78, 5) is 26.8. The van der Waals surface area contributed by atoms with E-state index < -0.39 is 11.9 Å². The average molecular weight is 606 g/mol. The minimum Gasteiger partial charge on any atom is -0.550 e. The number of nitrogens with zero attached hydrogens (tertiary/aromatic N) is 2. The van der Waals surface area contributed by atoms with E-state index in [9.17, 15) is 10.2 Å². The van der Waals surface area contributed by atoms with Crippen LogP contribution in [0.2, 0.25) is 0 Å². The van der Waals surface area contributed by atoms with Crippen LogP contribution in [0.5, 0.6) is 11.5 Å². The van der Waals surface area contributed by atoms with Crippen LogP contribution in [0.25, 0.3) is 0 Å². The van der Waals surface area contributed by atoms with Crippen molar-refractivity contribution in [1.82, 2.24) is 0 Å². The molecule has 0 unspecified atom stereocenters. The molecule has 41 heavy (non-hydrogen) atoms. The third kappa shape index (κ3) is 16.7. The van der Waals surface area contributed by atoms with Crippen LogP contribution in [0.4, 0.5) is 11.4 Å². The monoisotopic (exact) mass is 605 g/mol. The first-order valence-corrected chi connectivity index (χ1v) is 12.9. The molecule has 0 atom stereocenters. The zero-order chi connectivity index (χ0) is 30.2. The smallest absolute Gasteiger partial charge is 0.550 e. The Bertz CT molecular complexity index is 1190. The van der Waals surface area contributed by atoms with Crippen molar-refractivity contribution in [3.63, 3.8) is 0 Å². The Morgan fingerprint density at radius 3 is 1.24 bits per heavy atom. The summed E-state index contributed by atoms with van der Waals surface area (Å²) in [5, 5.41) is 38.0. The first kappa shape index (κ1) is 37.0. The van der Waals surface area contributed by atoms with E-state index in [4.69, 9.17) is 19.8 Å². The van der Waals surface area contributed by atoms with Gasteiger partial charge in [0.2, 0.25) is 0 Å². The van der Waals surface area contributed by atoms with Crippen molar-refractivity contribution in [1.29, 1.82) is 0 Å². The molecule has 0 aliphatic carbocycles. The first-order valence-electron chi connectivity index (χ1n) is 12.9. The molecule has 0 saturated carbocycles. The van der Waals surface area contributed by atoms with Crippen molar-refractivity contribution in [3.05, 3.63) is 82.9 Å². The Labute approximate surface area is 252 Å². The average Bonchev–Trinajstić information content (AvgIpc) is 2.84. The number of hydrogen-bond donors (Lipinski definition) is 2. The van der Waals surface area contributed by atoms with Crippen LogP contribution in [0.3, 0.4) is 0 Å². The van der Waals surface area contributed by atoms with Gasteiger partial charge in [0.15, 0.2) is 0 Å². The predicted octanol–water partition coefficient (Wildman–Crippen LogP) is 4.51. The zero-order valence-electron chi connectivity index (χ0n) is 24.3. The molecule has 0 heterocycles. The predicted molar refractivity (Wildman–Crippen MR) is 156 cm³/mol. The topological polar surface area (TPSA) is 145 Å². The number of carbonyl (C=O) groups is 2. The van der Waals surface area contributed by atoms with Crippen LogP contribution < -0.4 is 10.2 Å². The first-order chi connectivity index (χ1) is 18.8. The fourth-order valence-corrected chi connectivity index (χ4v) is 3.52. The van der Waals surface area contributed by atoms with Gasteiger partial charge in [0.25, 0.3) is 0 Å². The fraction of sp³-hybridized carbons (Fsp3) is 0.312. The third-order valence-electron chi connectivity index (χ3n) is 5.03. The van der Waals surface area contributed by atoms with Crippen LogP contribution in [0.1, 0.15) is 63.8 Å². The van der Waals surface area contributed by atoms with E-state index in [-0.39, 0.29) is 28.3 Å². The number of rotatable bonds is 8. The minimum atomic E-state index is -1.08. The Morgan fingerprint density at radius 2 is 0.976 bits per heavy atom. The van der Waals surface area contributed by atoms with Gasteiger partial charge in [-0.25, -0.2) is 0 Å². The second-order valence-electron chi connectivity index (χ2n) is 10.00. The molecule has 3 aromatic carbocycles. The van der Waals surface area contributed by atoms with Crippen molar-refractivity contribution < 1.29 is 46.8 Å². The number of aliphatic carboxylic acids is 2. The van der Waals surface area contributed by atoms with Crippen molar-refractivity contribution in [2.24, 2.45) is 21.8 Å². The molecule has 1 radical (unpaired) electrons. The van der Waals surface area contributed by atoms with E-state index >= 15 is 0 Å². The van der Waals surface area contributed by atoms with Crippen molar-refractivity contribution in [2.75, 3.05) is 0 Å². The van der Waals surface area contributed by atoms with E-state index in [0.717, 1.165) is 38.1 Å². The summed E-state index contributed by atoms with van der Waals surface area (Å²) in [5.74, 6) is -0.613. The van der Waals surface area contributed by atoms with Gasteiger partial charge in [0, 0.05) is 35.5 Å². The van der Waals surface area contributed by atoms with Crippen molar-refractivity contribution >= 4 is 35.7 Å². The Kier molecular flexibility index (Phi) is 17.3. The third-order valence-corrected chi connectivity index (χ3v) is 5.03. The number of hydrogen-bond acceptors (Lipinski definition) is 8. The Balaban J connectivity index is 0.00000158. The molecule has 0 aromatic heterocycles. The molecule has 3 aromatic rings. The maximum Gasteiger partial charge on any atom is 2.00 e. The quantitative estimate of drug-likeness (QED) is 0.362. The number of aliphatic imine (C=N–C) groups is 2. The molecule has 221 valence electrons. The number of benzene rings is 3. The minimum absolute atomic E-state index is 0. The number of phenolic OH excluding ortho intramolecular Hbond substituents is 2. The number of carboxylic acids is 2. The summed E-state index contributed by atoms with van der Waals surface area (Å²) in [6, 6.07) is 18.9. The second-order valence-corrected chi connectivity index (χ2v) is 10.00. The molecule has 2 N–H and O–H groups in total. The van der Waals surface area contributed by atoms with E-state index in [0.29, 0.717) is 23.0 Å². The van der Waals surface area contributed by atoms with Crippen LogP contribution in [-0.4, -0.2) is 34.6 Å². The van der Waals surface area contributed by atoms with Gasteiger partial charge < -0.3 is 30.0 Å². The Hall–Kier alpha value is -3.95. The second kappa shape index (κ2) is 19.2. The van der Waals surface area contributed by atoms with Crippen LogP contribution in [0, 0.1) is 11.8 Å². The molecule has 3 rings (SSSR count). The van der Waals surface area contributed by atoms with Gasteiger partial charge in [-0.05, 0) is 98.2 Å². The van der Waals surface area contributed by atoms with E-state index in [2.05, 4.69) is 37.7 Å². The van der Waals surface area contributed by atoms with E-state index in [1.807, 2.05) is 48.5 Å². The van der Waals surface area contributed by atoms with Crippen LogP contribution >= 0.6 is 0 Å². The summed E-state index contributed by atoms with van der Waals surface area (Å²) in [5.41, 5.74) is 5.34. The summed E-state index contributed by atoms with van der Waals surface area (Å²) in [6.45, 7) is 10.6. The van der Waals surface area contributed by atoms with Crippen LogP contribution in [0.15, 0.2) is 70.6 Å². The summed E-state index contributed by atoms with van der Waals surface area (Å²) < 4.78 is 0. The molecule has 0 spiro atoms. The molecule has 0 fully saturated rings. The zero-order valence-corrected chi connectivity index (χ0v) is 25.3. The van der Waals surface area contributed by atoms with Gasteiger partial charge in [-0.1, -0.05) is 39.8 Å². The molecular formula is C32H38CoN2O6.